The summed E-state index contributed by atoms with van der Waals surface area (Å²) < 4.78 is 32.6. The third kappa shape index (κ3) is 5.93. The van der Waals surface area contributed by atoms with Gasteiger partial charge in [-0.1, -0.05) is 37.3 Å². The summed E-state index contributed by atoms with van der Waals surface area (Å²) in [4.78, 5) is 24.1. The molecule has 7 nitrogen and oxygen atoms in total. The second kappa shape index (κ2) is 10.6. The van der Waals surface area contributed by atoms with Gasteiger partial charge < -0.3 is 10.1 Å². The zero-order chi connectivity index (χ0) is 22.1. The maximum absolute atomic E-state index is 13.2. The number of para-hydroxylation sites is 1. The van der Waals surface area contributed by atoms with Crippen LogP contribution < -0.4 is 9.62 Å². The van der Waals surface area contributed by atoms with Crippen LogP contribution in [0.3, 0.4) is 0 Å². The van der Waals surface area contributed by atoms with Gasteiger partial charge in [0.2, 0.25) is 0 Å². The highest BCUT2D eigenvalue weighted by Gasteiger charge is 2.25. The molecule has 0 saturated carbocycles. The molecule has 1 atom stereocenters. The number of esters is 1. The molecule has 1 N–H and O–H groups in total. The molecular formula is C22H26N2O5S. The Morgan fingerprint density at radius 1 is 1.17 bits per heavy atom. The van der Waals surface area contributed by atoms with Gasteiger partial charge in [-0.3, -0.25) is 9.10 Å². The lowest BCUT2D eigenvalue weighted by molar-refractivity contribution is -0.124. The second-order valence-corrected chi connectivity index (χ2v) is 8.50. The van der Waals surface area contributed by atoms with Gasteiger partial charge in [0.05, 0.1) is 22.7 Å². The molecule has 160 valence electrons. The van der Waals surface area contributed by atoms with Crippen molar-refractivity contribution in [3.8, 4) is 0 Å². The van der Waals surface area contributed by atoms with Gasteiger partial charge in [0.25, 0.3) is 15.9 Å². The monoisotopic (exact) mass is 430 g/mol. The van der Waals surface area contributed by atoms with Crippen LogP contribution in [0.5, 0.6) is 0 Å². The molecule has 0 heterocycles. The molecule has 1 amide bonds. The van der Waals surface area contributed by atoms with Gasteiger partial charge >= 0.3 is 5.97 Å². The molecule has 30 heavy (non-hydrogen) atoms. The molecular weight excluding hydrogens is 404 g/mol. The van der Waals surface area contributed by atoms with Crippen molar-refractivity contribution < 1.29 is 22.7 Å². The van der Waals surface area contributed by atoms with Crippen molar-refractivity contribution in [3.05, 3.63) is 72.8 Å². The van der Waals surface area contributed by atoms with E-state index in [-0.39, 0.29) is 23.0 Å². The lowest BCUT2D eigenvalue weighted by Crippen LogP contribution is -2.35. The largest absolute Gasteiger partial charge is 0.452 e. The van der Waals surface area contributed by atoms with E-state index in [0.717, 1.165) is 6.42 Å². The molecule has 2 aromatic carbocycles. The average Bonchev–Trinajstić information content (AvgIpc) is 2.76. The van der Waals surface area contributed by atoms with Crippen molar-refractivity contribution in [1.82, 2.24) is 5.32 Å². The first kappa shape index (κ1) is 23.2. The number of carbonyl (C=O) groups excluding carboxylic acids is 2. The highest BCUT2D eigenvalue weighted by Crippen LogP contribution is 2.24. The van der Waals surface area contributed by atoms with E-state index in [0.29, 0.717) is 5.69 Å². The lowest BCUT2D eigenvalue weighted by atomic mass is 10.2. The SMILES string of the molecule is C=CCN(c1ccccc1)S(=O)(=O)c1cccc(C(=O)OCC(=O)N[C@H](C)CC)c1. The molecule has 2 rings (SSSR count). The molecule has 0 aromatic heterocycles. The summed E-state index contributed by atoms with van der Waals surface area (Å²) in [6.45, 7) is 7.02. The fourth-order valence-electron chi connectivity index (χ4n) is 2.60. The normalized spacial score (nSPS) is 11.9. The van der Waals surface area contributed by atoms with Gasteiger partial charge in [-0.15, -0.1) is 6.58 Å². The third-order valence-corrected chi connectivity index (χ3v) is 6.14. The number of sulfonamides is 1. The number of ether oxygens (including phenoxy) is 1. The van der Waals surface area contributed by atoms with Crippen LogP contribution >= 0.6 is 0 Å². The Bertz CT molecular complexity index is 990. The van der Waals surface area contributed by atoms with Crippen LogP contribution in [-0.2, 0) is 19.6 Å². The summed E-state index contributed by atoms with van der Waals surface area (Å²) in [6, 6.07) is 14.1. The molecule has 0 saturated heterocycles. The highest BCUT2D eigenvalue weighted by molar-refractivity contribution is 7.92. The first-order valence-electron chi connectivity index (χ1n) is 9.54. The molecule has 8 heteroatoms. The van der Waals surface area contributed by atoms with Crippen molar-refractivity contribution in [1.29, 1.82) is 0 Å². The van der Waals surface area contributed by atoms with Gasteiger partial charge in [0.15, 0.2) is 6.61 Å². The molecule has 0 aliphatic heterocycles. The van der Waals surface area contributed by atoms with Crippen molar-refractivity contribution in [2.75, 3.05) is 17.5 Å². The van der Waals surface area contributed by atoms with Gasteiger partial charge in [0, 0.05) is 6.04 Å². The highest BCUT2D eigenvalue weighted by atomic mass is 32.2. The first-order valence-corrected chi connectivity index (χ1v) is 11.0. The minimum absolute atomic E-state index is 0.0292. The van der Waals surface area contributed by atoms with Crippen molar-refractivity contribution in [3.63, 3.8) is 0 Å². The van der Waals surface area contributed by atoms with Crippen LogP contribution in [0.4, 0.5) is 5.69 Å². The summed E-state index contributed by atoms with van der Waals surface area (Å²) in [5.41, 5.74) is 0.520. The van der Waals surface area contributed by atoms with E-state index >= 15 is 0 Å². The van der Waals surface area contributed by atoms with Crippen LogP contribution in [0.1, 0.15) is 30.6 Å². The molecule has 0 bridgehead atoms. The van der Waals surface area contributed by atoms with Crippen molar-refractivity contribution in [2.45, 2.75) is 31.2 Å². The fourth-order valence-corrected chi connectivity index (χ4v) is 4.08. The number of benzene rings is 2. The topological polar surface area (TPSA) is 92.8 Å². The molecule has 2 aromatic rings. The number of rotatable bonds is 10. The van der Waals surface area contributed by atoms with E-state index in [9.17, 15) is 18.0 Å². The smallest absolute Gasteiger partial charge is 0.338 e. The fraction of sp³-hybridized carbons (Fsp3) is 0.273. The second-order valence-electron chi connectivity index (χ2n) is 6.64. The van der Waals surface area contributed by atoms with Gasteiger partial charge in [-0.2, -0.15) is 0 Å². The summed E-state index contributed by atoms with van der Waals surface area (Å²) in [7, 11) is -3.95. The van der Waals surface area contributed by atoms with Gasteiger partial charge in [-0.25, -0.2) is 13.2 Å². The molecule has 0 spiro atoms. The number of carbonyl (C=O) groups is 2. The summed E-state index contributed by atoms with van der Waals surface area (Å²) in [5, 5.41) is 2.69. The summed E-state index contributed by atoms with van der Waals surface area (Å²) >= 11 is 0. The zero-order valence-corrected chi connectivity index (χ0v) is 17.9. The predicted molar refractivity (Wildman–Crippen MR) is 116 cm³/mol. The summed E-state index contributed by atoms with van der Waals surface area (Å²) in [6.07, 6.45) is 2.24. The quantitative estimate of drug-likeness (QED) is 0.462. The van der Waals surface area contributed by atoms with Crippen LogP contribution in [0.2, 0.25) is 0 Å². The number of hydrogen-bond acceptors (Lipinski definition) is 5. The Morgan fingerprint density at radius 3 is 2.50 bits per heavy atom. The molecule has 0 aliphatic carbocycles. The maximum atomic E-state index is 13.2. The van der Waals surface area contributed by atoms with E-state index < -0.39 is 28.5 Å². The van der Waals surface area contributed by atoms with Gasteiger partial charge in [0.1, 0.15) is 0 Å². The molecule has 0 radical (unpaired) electrons. The Morgan fingerprint density at radius 2 is 1.87 bits per heavy atom. The van der Waals surface area contributed by atoms with Gasteiger partial charge in [-0.05, 0) is 43.7 Å². The maximum Gasteiger partial charge on any atom is 0.338 e. The van der Waals surface area contributed by atoms with Crippen LogP contribution in [0.15, 0.2) is 72.1 Å². The zero-order valence-electron chi connectivity index (χ0n) is 17.1. The molecule has 0 unspecified atom stereocenters. The Balaban J connectivity index is 2.21. The van der Waals surface area contributed by atoms with E-state index in [2.05, 4.69) is 11.9 Å². The number of amides is 1. The number of nitrogens with one attached hydrogen (secondary N) is 1. The van der Waals surface area contributed by atoms with Crippen LogP contribution in [-0.4, -0.2) is 39.5 Å². The Kier molecular flexibility index (Phi) is 8.17. The van der Waals surface area contributed by atoms with Crippen LogP contribution in [0.25, 0.3) is 0 Å². The van der Waals surface area contributed by atoms with Crippen molar-refractivity contribution in [2.24, 2.45) is 0 Å². The van der Waals surface area contributed by atoms with E-state index in [1.165, 1.54) is 34.6 Å². The molecule has 0 aliphatic rings. The van der Waals surface area contributed by atoms with Crippen LogP contribution in [0, 0.1) is 0 Å². The predicted octanol–water partition coefficient (Wildman–Crippen LogP) is 3.14. The minimum atomic E-state index is -3.95. The van der Waals surface area contributed by atoms with E-state index in [1.54, 1.807) is 30.3 Å². The third-order valence-electron chi connectivity index (χ3n) is 4.35. The minimum Gasteiger partial charge on any atom is -0.452 e. The lowest BCUT2D eigenvalue weighted by Gasteiger charge is -2.23. The average molecular weight is 431 g/mol. The standard InChI is InChI=1S/C22H26N2O5S/c1-4-14-24(19-11-7-6-8-12-19)30(27,28)20-13-9-10-18(15-20)22(26)29-16-21(25)23-17(3)5-2/h4,6-13,15,17H,1,5,14,16H2,2-3H3,(H,23,25)/t17-/m1/s1. The molecule has 0 fully saturated rings. The number of anilines is 1. The number of nitrogens with zero attached hydrogens (tertiary/aromatic N) is 1. The first-order chi connectivity index (χ1) is 14.3. The Labute approximate surface area is 177 Å². The summed E-state index contributed by atoms with van der Waals surface area (Å²) in [5.74, 6) is -1.19. The Hall–Kier alpha value is -3.13. The van der Waals surface area contributed by atoms with E-state index in [1.807, 2.05) is 13.8 Å². The number of hydrogen-bond donors (Lipinski definition) is 1. The van der Waals surface area contributed by atoms with Crippen molar-refractivity contribution >= 4 is 27.6 Å². The van der Waals surface area contributed by atoms with E-state index in [4.69, 9.17) is 4.74 Å².